The van der Waals surface area contributed by atoms with Crippen LogP contribution in [0.3, 0.4) is 0 Å². The molecule has 2 aliphatic carbocycles. The Hall–Kier alpha value is -0.120. The molecule has 1 heterocycles. The van der Waals surface area contributed by atoms with Gasteiger partial charge in [-0.15, -0.1) is 0 Å². The van der Waals surface area contributed by atoms with E-state index in [1.54, 1.807) is 0 Å². The summed E-state index contributed by atoms with van der Waals surface area (Å²) in [5, 5.41) is 7.55. The molecule has 3 rings (SSSR count). The fraction of sp³-hybridized carbons (Fsp3) is 1.00. The van der Waals surface area contributed by atoms with E-state index in [1.165, 1.54) is 64.6 Å². The van der Waals surface area contributed by atoms with Crippen molar-refractivity contribution in [1.29, 1.82) is 0 Å². The van der Waals surface area contributed by atoms with Crippen LogP contribution in [-0.4, -0.2) is 49.7 Å². The van der Waals surface area contributed by atoms with Crippen LogP contribution in [0.1, 0.15) is 44.9 Å². The average molecular weight is 251 g/mol. The summed E-state index contributed by atoms with van der Waals surface area (Å²) in [6.45, 7) is 3.66. The number of nitrogens with zero attached hydrogens (tertiary/aromatic N) is 1. The average Bonchev–Trinajstić information content (AvgIpc) is 2.90. The van der Waals surface area contributed by atoms with E-state index in [0.29, 0.717) is 0 Å². The van der Waals surface area contributed by atoms with Crippen molar-refractivity contribution in [3.63, 3.8) is 0 Å². The molecule has 0 aromatic heterocycles. The third-order valence-electron chi connectivity index (χ3n) is 5.23. The van der Waals surface area contributed by atoms with Crippen LogP contribution < -0.4 is 10.6 Å². The van der Waals surface area contributed by atoms with Crippen molar-refractivity contribution >= 4 is 0 Å². The maximum Gasteiger partial charge on any atom is 0.0111 e. The second-order valence-electron chi connectivity index (χ2n) is 6.57. The highest BCUT2D eigenvalue weighted by Crippen LogP contribution is 2.32. The molecule has 0 amide bonds. The summed E-state index contributed by atoms with van der Waals surface area (Å²) >= 11 is 0. The molecule has 0 spiro atoms. The van der Waals surface area contributed by atoms with Crippen LogP contribution in [0.25, 0.3) is 0 Å². The first kappa shape index (κ1) is 12.9. The van der Waals surface area contributed by atoms with E-state index >= 15 is 0 Å². The molecule has 2 saturated carbocycles. The zero-order valence-electron chi connectivity index (χ0n) is 11.8. The van der Waals surface area contributed by atoms with Crippen molar-refractivity contribution in [3.05, 3.63) is 0 Å². The van der Waals surface area contributed by atoms with Gasteiger partial charge in [0.1, 0.15) is 0 Å². The molecule has 18 heavy (non-hydrogen) atoms. The summed E-state index contributed by atoms with van der Waals surface area (Å²) in [5.74, 6) is 0.902. The second kappa shape index (κ2) is 5.89. The molecular weight excluding hydrogens is 222 g/mol. The predicted octanol–water partition coefficient (Wildman–Crippen LogP) is 1.59. The summed E-state index contributed by atoms with van der Waals surface area (Å²) in [6, 6.07) is 2.50. The largest absolute Gasteiger partial charge is 0.314 e. The lowest BCUT2D eigenvalue weighted by molar-refractivity contribution is 0.284. The fourth-order valence-corrected chi connectivity index (χ4v) is 3.92. The number of nitrogens with one attached hydrogen (secondary N) is 2. The van der Waals surface area contributed by atoms with Crippen molar-refractivity contribution in [3.8, 4) is 0 Å². The van der Waals surface area contributed by atoms with Crippen molar-refractivity contribution in [2.75, 3.05) is 26.7 Å². The van der Waals surface area contributed by atoms with Gasteiger partial charge in [0.15, 0.2) is 0 Å². The molecule has 0 bridgehead atoms. The Balaban J connectivity index is 1.40. The molecule has 3 unspecified atom stereocenters. The van der Waals surface area contributed by atoms with Gasteiger partial charge >= 0.3 is 0 Å². The van der Waals surface area contributed by atoms with Crippen LogP contribution in [0.5, 0.6) is 0 Å². The van der Waals surface area contributed by atoms with Gasteiger partial charge in [0.05, 0.1) is 0 Å². The van der Waals surface area contributed by atoms with E-state index < -0.39 is 0 Å². The Kier molecular flexibility index (Phi) is 4.22. The van der Waals surface area contributed by atoms with Crippen LogP contribution in [0.15, 0.2) is 0 Å². The van der Waals surface area contributed by atoms with Gasteiger partial charge in [0.25, 0.3) is 0 Å². The molecule has 0 aromatic rings. The molecule has 3 nitrogen and oxygen atoms in total. The first-order valence-corrected chi connectivity index (χ1v) is 8.01. The van der Waals surface area contributed by atoms with Crippen LogP contribution in [0.2, 0.25) is 0 Å². The maximum absolute atomic E-state index is 3.84. The van der Waals surface area contributed by atoms with Crippen LogP contribution >= 0.6 is 0 Å². The predicted molar refractivity (Wildman–Crippen MR) is 75.8 cm³/mol. The minimum Gasteiger partial charge on any atom is -0.314 e. The Morgan fingerprint density at radius 3 is 2.72 bits per heavy atom. The molecule has 3 atom stereocenters. The Labute approximate surface area is 112 Å². The van der Waals surface area contributed by atoms with Gasteiger partial charge in [-0.1, -0.05) is 6.42 Å². The molecule has 0 radical (unpaired) electrons. The van der Waals surface area contributed by atoms with Crippen LogP contribution in [0.4, 0.5) is 0 Å². The van der Waals surface area contributed by atoms with Crippen molar-refractivity contribution in [1.82, 2.24) is 15.5 Å². The van der Waals surface area contributed by atoms with Crippen molar-refractivity contribution < 1.29 is 0 Å². The van der Waals surface area contributed by atoms with E-state index in [9.17, 15) is 0 Å². The highest BCUT2D eigenvalue weighted by atomic mass is 15.2. The lowest BCUT2D eigenvalue weighted by Gasteiger charge is -2.27. The normalized spacial score (nSPS) is 36.7. The standard InChI is InChI=1S/C15H29N3/c1-18(12-7-8-12)11-10-17-14-5-2-4-13(14)15-6-3-9-16-15/h12-17H,2-11H2,1H3. The highest BCUT2D eigenvalue weighted by molar-refractivity contribution is 4.93. The molecule has 3 fully saturated rings. The first-order chi connectivity index (χ1) is 8.84. The summed E-state index contributed by atoms with van der Waals surface area (Å²) < 4.78 is 0. The maximum atomic E-state index is 3.84. The molecular formula is C15H29N3. The Morgan fingerprint density at radius 1 is 1.11 bits per heavy atom. The number of likely N-dealkylation sites (N-methyl/N-ethyl adjacent to an activating group) is 1. The van der Waals surface area contributed by atoms with Gasteiger partial charge < -0.3 is 15.5 Å². The summed E-state index contributed by atoms with van der Waals surface area (Å²) in [7, 11) is 2.28. The highest BCUT2D eigenvalue weighted by Gasteiger charge is 2.34. The minimum absolute atomic E-state index is 0.785. The van der Waals surface area contributed by atoms with Gasteiger partial charge in [0.2, 0.25) is 0 Å². The number of hydrogen-bond acceptors (Lipinski definition) is 3. The van der Waals surface area contributed by atoms with Crippen LogP contribution in [-0.2, 0) is 0 Å². The smallest absolute Gasteiger partial charge is 0.0111 e. The van der Waals surface area contributed by atoms with Crippen LogP contribution in [0, 0.1) is 5.92 Å². The fourth-order valence-electron chi connectivity index (χ4n) is 3.92. The third kappa shape index (κ3) is 3.06. The molecule has 1 aliphatic heterocycles. The van der Waals surface area contributed by atoms with E-state index in [1.807, 2.05) is 0 Å². The van der Waals surface area contributed by atoms with E-state index in [4.69, 9.17) is 0 Å². The molecule has 0 aromatic carbocycles. The number of rotatable bonds is 6. The van der Waals surface area contributed by atoms with Crippen molar-refractivity contribution in [2.24, 2.45) is 5.92 Å². The van der Waals surface area contributed by atoms with E-state index in [0.717, 1.165) is 24.0 Å². The molecule has 2 N–H and O–H groups in total. The second-order valence-corrected chi connectivity index (χ2v) is 6.57. The van der Waals surface area contributed by atoms with Gasteiger partial charge in [-0.3, -0.25) is 0 Å². The van der Waals surface area contributed by atoms with Crippen molar-refractivity contribution in [2.45, 2.75) is 63.1 Å². The summed E-state index contributed by atoms with van der Waals surface area (Å²) in [4.78, 5) is 2.53. The molecule has 3 heteroatoms. The monoisotopic (exact) mass is 251 g/mol. The minimum atomic E-state index is 0.785. The zero-order chi connectivity index (χ0) is 12.4. The lowest BCUT2D eigenvalue weighted by Crippen LogP contribution is -2.44. The lowest BCUT2D eigenvalue weighted by atomic mass is 9.93. The third-order valence-corrected chi connectivity index (χ3v) is 5.23. The Morgan fingerprint density at radius 2 is 2.00 bits per heavy atom. The summed E-state index contributed by atoms with van der Waals surface area (Å²) in [6.07, 6.45) is 9.91. The number of hydrogen-bond donors (Lipinski definition) is 2. The Bertz CT molecular complexity index is 258. The van der Waals surface area contributed by atoms with Gasteiger partial charge in [-0.05, 0) is 58.0 Å². The van der Waals surface area contributed by atoms with Gasteiger partial charge in [-0.2, -0.15) is 0 Å². The summed E-state index contributed by atoms with van der Waals surface area (Å²) in [5.41, 5.74) is 0. The topological polar surface area (TPSA) is 27.3 Å². The molecule has 3 aliphatic rings. The van der Waals surface area contributed by atoms with Gasteiger partial charge in [-0.25, -0.2) is 0 Å². The zero-order valence-corrected chi connectivity index (χ0v) is 11.8. The molecule has 1 saturated heterocycles. The SMILES string of the molecule is CN(CCNC1CCCC1C1CCCN1)C1CC1. The van der Waals surface area contributed by atoms with E-state index in [2.05, 4.69) is 22.6 Å². The molecule has 104 valence electrons. The van der Waals surface area contributed by atoms with E-state index in [-0.39, 0.29) is 0 Å². The van der Waals surface area contributed by atoms with Gasteiger partial charge in [0, 0.05) is 31.2 Å². The first-order valence-electron chi connectivity index (χ1n) is 8.01. The quantitative estimate of drug-likeness (QED) is 0.751.